The number of hydrogen-bond acceptors (Lipinski definition) is 2. The van der Waals surface area contributed by atoms with Gasteiger partial charge in [0.1, 0.15) is 6.33 Å². The van der Waals surface area contributed by atoms with Gasteiger partial charge in [-0.2, -0.15) is 0 Å². The normalized spacial score (nSPS) is 18.1. The highest BCUT2D eigenvalue weighted by Gasteiger charge is 2.36. The molecular formula is C27H26N2. The van der Waals surface area contributed by atoms with Crippen LogP contribution in [0.25, 0.3) is 32.9 Å². The Kier molecular flexibility index (Phi) is 3.62. The largest absolute Gasteiger partial charge is 0.236 e. The summed E-state index contributed by atoms with van der Waals surface area (Å²) in [5.41, 5.74) is 7.67. The molecule has 144 valence electrons. The number of nitrogens with zero attached hydrogens (tertiary/aromatic N) is 2. The molecule has 0 radical (unpaired) electrons. The Bertz CT molecular complexity index is 1260. The van der Waals surface area contributed by atoms with E-state index < -0.39 is 0 Å². The maximum absolute atomic E-state index is 4.78. The highest BCUT2D eigenvalue weighted by Crippen LogP contribution is 2.51. The van der Waals surface area contributed by atoms with Crippen molar-refractivity contribution in [2.24, 2.45) is 0 Å². The first-order valence-corrected chi connectivity index (χ1v) is 11.0. The van der Waals surface area contributed by atoms with E-state index in [0.29, 0.717) is 5.92 Å². The fourth-order valence-electron chi connectivity index (χ4n) is 5.86. The van der Waals surface area contributed by atoms with E-state index in [1.807, 2.05) is 0 Å². The summed E-state index contributed by atoms with van der Waals surface area (Å²) in [5, 5.41) is 3.90. The molecule has 1 aromatic heterocycles. The van der Waals surface area contributed by atoms with Crippen LogP contribution in [0.3, 0.4) is 0 Å². The number of fused-ring (bicyclic) bond motifs is 4. The molecule has 0 N–H and O–H groups in total. The van der Waals surface area contributed by atoms with Crippen LogP contribution in [-0.4, -0.2) is 9.97 Å². The minimum Gasteiger partial charge on any atom is -0.236 e. The molecule has 0 amide bonds. The number of benzene rings is 3. The highest BCUT2D eigenvalue weighted by atomic mass is 14.8. The summed E-state index contributed by atoms with van der Waals surface area (Å²) in [6.45, 7) is 4.77. The Balaban J connectivity index is 1.70. The van der Waals surface area contributed by atoms with Crippen LogP contribution in [0.4, 0.5) is 0 Å². The van der Waals surface area contributed by atoms with Gasteiger partial charge in [0.25, 0.3) is 0 Å². The maximum atomic E-state index is 4.78. The van der Waals surface area contributed by atoms with E-state index in [4.69, 9.17) is 9.97 Å². The Hall–Kier alpha value is -2.74. The zero-order chi connectivity index (χ0) is 19.6. The average Bonchev–Trinajstić information content (AvgIpc) is 2.77. The monoisotopic (exact) mass is 378 g/mol. The molecule has 2 heteroatoms. The Morgan fingerprint density at radius 1 is 0.897 bits per heavy atom. The lowest BCUT2D eigenvalue weighted by Gasteiger charge is -2.36. The first-order chi connectivity index (χ1) is 14.1. The molecule has 2 aliphatic rings. The third-order valence-electron chi connectivity index (χ3n) is 7.32. The molecule has 0 aliphatic heterocycles. The van der Waals surface area contributed by atoms with Crippen molar-refractivity contribution in [1.82, 2.24) is 9.97 Å². The zero-order valence-corrected chi connectivity index (χ0v) is 17.2. The van der Waals surface area contributed by atoms with Gasteiger partial charge in [0, 0.05) is 16.4 Å². The molecule has 1 heterocycles. The van der Waals surface area contributed by atoms with Crippen molar-refractivity contribution in [1.29, 1.82) is 0 Å². The van der Waals surface area contributed by atoms with E-state index in [1.54, 1.807) is 6.33 Å². The van der Waals surface area contributed by atoms with Crippen molar-refractivity contribution in [3.05, 3.63) is 71.5 Å². The summed E-state index contributed by atoms with van der Waals surface area (Å²) in [4.78, 5) is 9.51. The molecule has 0 atom stereocenters. The molecule has 1 saturated carbocycles. The van der Waals surface area contributed by atoms with Crippen molar-refractivity contribution in [2.45, 2.75) is 57.3 Å². The minimum absolute atomic E-state index is 0.0865. The maximum Gasteiger partial charge on any atom is 0.116 e. The van der Waals surface area contributed by atoms with E-state index in [-0.39, 0.29) is 5.41 Å². The first-order valence-electron chi connectivity index (χ1n) is 11.0. The molecule has 2 nitrogen and oxygen atoms in total. The van der Waals surface area contributed by atoms with Crippen LogP contribution in [0.2, 0.25) is 0 Å². The zero-order valence-electron chi connectivity index (χ0n) is 17.2. The van der Waals surface area contributed by atoms with Crippen LogP contribution in [0.5, 0.6) is 0 Å². The Morgan fingerprint density at radius 3 is 2.59 bits per heavy atom. The van der Waals surface area contributed by atoms with Crippen LogP contribution >= 0.6 is 0 Å². The highest BCUT2D eigenvalue weighted by molar-refractivity contribution is 6.04. The molecule has 6 rings (SSSR count). The van der Waals surface area contributed by atoms with Crippen molar-refractivity contribution >= 4 is 21.7 Å². The van der Waals surface area contributed by atoms with Crippen molar-refractivity contribution < 1.29 is 0 Å². The van der Waals surface area contributed by atoms with Gasteiger partial charge in [-0.3, -0.25) is 0 Å². The first kappa shape index (κ1) is 17.1. The lowest BCUT2D eigenvalue weighted by molar-refractivity contribution is 0.443. The molecule has 4 aromatic rings. The third-order valence-corrected chi connectivity index (χ3v) is 7.32. The van der Waals surface area contributed by atoms with Gasteiger partial charge in [0.05, 0.1) is 11.2 Å². The fraction of sp³-hybridized carbons (Fsp3) is 0.333. The summed E-state index contributed by atoms with van der Waals surface area (Å²) >= 11 is 0. The molecule has 0 bridgehead atoms. The van der Waals surface area contributed by atoms with Crippen molar-refractivity contribution in [3.8, 4) is 11.3 Å². The summed E-state index contributed by atoms with van der Waals surface area (Å²) in [6.07, 6.45) is 8.46. The van der Waals surface area contributed by atoms with E-state index in [9.17, 15) is 0 Å². The summed E-state index contributed by atoms with van der Waals surface area (Å²) in [7, 11) is 0. The Labute approximate surface area is 172 Å². The van der Waals surface area contributed by atoms with E-state index in [1.165, 1.54) is 70.5 Å². The number of hydrogen-bond donors (Lipinski definition) is 0. The molecule has 0 saturated heterocycles. The molecular weight excluding hydrogens is 352 g/mol. The number of rotatable bonds is 1. The number of aromatic nitrogens is 2. The van der Waals surface area contributed by atoms with Crippen molar-refractivity contribution in [3.63, 3.8) is 0 Å². The SMILES string of the molecule is CC1(C)c2c(ccc3ccccc23)-c2ncnc3cc(C4CCCCC4)cc1c23. The van der Waals surface area contributed by atoms with Crippen LogP contribution < -0.4 is 0 Å². The lowest BCUT2D eigenvalue weighted by atomic mass is 9.67. The molecule has 2 aliphatic carbocycles. The molecule has 0 unspecified atom stereocenters. The van der Waals surface area contributed by atoms with E-state index in [2.05, 4.69) is 62.4 Å². The van der Waals surface area contributed by atoms with E-state index in [0.717, 1.165) is 11.2 Å². The Morgan fingerprint density at radius 2 is 1.72 bits per heavy atom. The van der Waals surface area contributed by atoms with Gasteiger partial charge >= 0.3 is 0 Å². The van der Waals surface area contributed by atoms with Gasteiger partial charge in [-0.1, -0.05) is 75.6 Å². The smallest absolute Gasteiger partial charge is 0.116 e. The molecule has 0 spiro atoms. The van der Waals surface area contributed by atoms with E-state index >= 15 is 0 Å². The van der Waals surface area contributed by atoms with Crippen LogP contribution in [0.15, 0.2) is 54.9 Å². The minimum atomic E-state index is -0.0865. The van der Waals surface area contributed by atoms with Crippen molar-refractivity contribution in [2.75, 3.05) is 0 Å². The van der Waals surface area contributed by atoms with Gasteiger partial charge in [-0.15, -0.1) is 0 Å². The standard InChI is InChI=1S/C27H26N2/c1-27(2)22-14-19(17-8-4-3-5-9-17)15-23-24(22)26(29-16-28-23)21-13-12-18-10-6-7-11-20(18)25(21)27/h6-7,10-17H,3-5,8-9H2,1-2H3. The van der Waals surface area contributed by atoms with Gasteiger partial charge < -0.3 is 0 Å². The second-order valence-corrected chi connectivity index (χ2v) is 9.35. The van der Waals surface area contributed by atoms with Gasteiger partial charge in [0.2, 0.25) is 0 Å². The summed E-state index contributed by atoms with van der Waals surface area (Å²) in [5.74, 6) is 0.674. The lowest BCUT2D eigenvalue weighted by Crippen LogP contribution is -2.25. The van der Waals surface area contributed by atoms with Gasteiger partial charge in [-0.05, 0) is 52.3 Å². The second-order valence-electron chi connectivity index (χ2n) is 9.35. The molecule has 29 heavy (non-hydrogen) atoms. The van der Waals surface area contributed by atoms with Crippen LogP contribution in [0.1, 0.15) is 68.6 Å². The predicted molar refractivity (Wildman–Crippen MR) is 120 cm³/mol. The fourth-order valence-corrected chi connectivity index (χ4v) is 5.86. The third kappa shape index (κ3) is 2.41. The summed E-state index contributed by atoms with van der Waals surface area (Å²) in [6, 6.07) is 18.1. The predicted octanol–water partition coefficient (Wildman–Crippen LogP) is 7.14. The quantitative estimate of drug-likeness (QED) is 0.352. The van der Waals surface area contributed by atoms with Gasteiger partial charge in [0.15, 0.2) is 0 Å². The van der Waals surface area contributed by atoms with Crippen LogP contribution in [-0.2, 0) is 5.41 Å². The van der Waals surface area contributed by atoms with Gasteiger partial charge in [-0.25, -0.2) is 9.97 Å². The van der Waals surface area contributed by atoms with Crippen LogP contribution in [0, 0.1) is 0 Å². The molecule has 1 fully saturated rings. The topological polar surface area (TPSA) is 25.8 Å². The second kappa shape index (κ2) is 6.13. The average molecular weight is 379 g/mol. The molecule has 3 aromatic carbocycles. The summed E-state index contributed by atoms with van der Waals surface area (Å²) < 4.78 is 0.